The van der Waals surface area contributed by atoms with E-state index < -0.39 is 14.9 Å². The van der Waals surface area contributed by atoms with Crippen molar-refractivity contribution in [3.8, 4) is 17.2 Å². The summed E-state index contributed by atoms with van der Waals surface area (Å²) in [5.41, 5.74) is 0.145. The molecule has 0 saturated carbocycles. The molecule has 11 heteroatoms. The highest BCUT2D eigenvalue weighted by atomic mass is 32.2. The van der Waals surface area contributed by atoms with Crippen LogP contribution in [0.4, 0.5) is 5.69 Å². The Morgan fingerprint density at radius 3 is 2.36 bits per heavy atom. The van der Waals surface area contributed by atoms with Crippen LogP contribution in [0.5, 0.6) is 17.2 Å². The fourth-order valence-corrected chi connectivity index (χ4v) is 3.08. The first-order valence-electron chi connectivity index (χ1n) is 8.00. The van der Waals surface area contributed by atoms with Gasteiger partial charge >= 0.3 is 0 Å². The van der Waals surface area contributed by atoms with Gasteiger partial charge in [0.1, 0.15) is 0 Å². The van der Waals surface area contributed by atoms with E-state index in [2.05, 4.69) is 5.10 Å². The number of non-ortho nitro benzene ring substituents is 1. The van der Waals surface area contributed by atoms with Gasteiger partial charge in [-0.05, 0) is 25.1 Å². The predicted molar refractivity (Wildman–Crippen MR) is 102 cm³/mol. The lowest BCUT2D eigenvalue weighted by atomic mass is 10.2. The molecule has 0 aliphatic rings. The van der Waals surface area contributed by atoms with Crippen LogP contribution in [0.2, 0.25) is 0 Å². The minimum atomic E-state index is -4.07. The fourth-order valence-electron chi connectivity index (χ4n) is 2.25. The molecular formula is C17H19N3O7S. The molecule has 0 bridgehead atoms. The molecule has 2 aromatic carbocycles. The largest absolute Gasteiger partial charge is 0.493 e. The molecule has 0 aliphatic carbocycles. The van der Waals surface area contributed by atoms with Gasteiger partial charge in [-0.2, -0.15) is 13.5 Å². The van der Waals surface area contributed by atoms with E-state index in [0.29, 0.717) is 29.4 Å². The van der Waals surface area contributed by atoms with Gasteiger partial charge in [0.2, 0.25) is 5.75 Å². The number of methoxy groups -OCH3 is 2. The number of nitro benzene ring substituents is 1. The Morgan fingerprint density at radius 1 is 1.18 bits per heavy atom. The molecule has 0 atom stereocenters. The first-order valence-corrected chi connectivity index (χ1v) is 9.48. The summed E-state index contributed by atoms with van der Waals surface area (Å²) in [5.74, 6) is 1.20. The number of rotatable bonds is 9. The van der Waals surface area contributed by atoms with Gasteiger partial charge in [-0.1, -0.05) is 6.07 Å². The van der Waals surface area contributed by atoms with Crippen LogP contribution in [0.15, 0.2) is 46.4 Å². The van der Waals surface area contributed by atoms with Gasteiger partial charge in [0.15, 0.2) is 11.5 Å². The Kier molecular flexibility index (Phi) is 6.77. The van der Waals surface area contributed by atoms with Gasteiger partial charge in [-0.3, -0.25) is 10.1 Å². The van der Waals surface area contributed by atoms with Crippen molar-refractivity contribution in [2.75, 3.05) is 20.8 Å². The number of hydrazone groups is 1. The number of ether oxygens (including phenoxy) is 3. The Labute approximate surface area is 161 Å². The molecule has 2 aromatic rings. The van der Waals surface area contributed by atoms with Gasteiger partial charge in [0.25, 0.3) is 15.7 Å². The lowest BCUT2D eigenvalue weighted by Crippen LogP contribution is -2.18. The molecule has 2 rings (SSSR count). The van der Waals surface area contributed by atoms with E-state index in [1.54, 1.807) is 12.1 Å². The third-order valence-corrected chi connectivity index (χ3v) is 4.72. The standard InChI is InChI=1S/C17H19N3O7S/c1-4-27-17-15(25-2)8-12(9-16(17)26-3)11-18-19-28(23,24)14-7-5-6-13(10-14)20(21)22/h5-11,19H,4H2,1-3H3/b18-11+. The summed E-state index contributed by atoms with van der Waals surface area (Å²) in [5, 5.41) is 14.5. The van der Waals surface area contributed by atoms with E-state index in [1.165, 1.54) is 38.6 Å². The number of hydrogen-bond acceptors (Lipinski definition) is 8. The van der Waals surface area contributed by atoms with E-state index >= 15 is 0 Å². The zero-order valence-corrected chi connectivity index (χ0v) is 16.2. The molecule has 150 valence electrons. The van der Waals surface area contributed by atoms with Crippen LogP contribution in [-0.4, -0.2) is 40.4 Å². The minimum absolute atomic E-state index is 0.277. The molecule has 0 aromatic heterocycles. The van der Waals surface area contributed by atoms with Gasteiger partial charge < -0.3 is 14.2 Å². The second-order valence-electron chi connectivity index (χ2n) is 5.29. The lowest BCUT2D eigenvalue weighted by Gasteiger charge is -2.14. The maximum Gasteiger partial charge on any atom is 0.276 e. The van der Waals surface area contributed by atoms with Crippen LogP contribution >= 0.6 is 0 Å². The molecule has 0 unspecified atom stereocenters. The number of hydrogen-bond donors (Lipinski definition) is 1. The van der Waals surface area contributed by atoms with Crippen LogP contribution in [0.1, 0.15) is 12.5 Å². The number of sulfonamides is 1. The first-order chi connectivity index (χ1) is 13.3. The molecule has 28 heavy (non-hydrogen) atoms. The third kappa shape index (κ3) is 4.88. The average Bonchev–Trinajstić information content (AvgIpc) is 2.68. The molecule has 0 aliphatic heterocycles. The maximum absolute atomic E-state index is 12.3. The van der Waals surface area contributed by atoms with Gasteiger partial charge in [-0.25, -0.2) is 4.83 Å². The second kappa shape index (κ2) is 9.04. The summed E-state index contributed by atoms with van der Waals surface area (Å²) in [6.07, 6.45) is 1.25. The molecule has 1 N–H and O–H groups in total. The smallest absolute Gasteiger partial charge is 0.276 e. The Balaban J connectivity index is 2.26. The van der Waals surface area contributed by atoms with Crippen LogP contribution in [-0.2, 0) is 10.0 Å². The summed E-state index contributed by atoms with van der Waals surface area (Å²) < 4.78 is 40.6. The molecular weight excluding hydrogens is 390 g/mol. The summed E-state index contributed by atoms with van der Waals surface area (Å²) >= 11 is 0. The number of benzene rings is 2. The molecule has 0 radical (unpaired) electrons. The molecule has 0 spiro atoms. The lowest BCUT2D eigenvalue weighted by molar-refractivity contribution is -0.385. The van der Waals surface area contributed by atoms with E-state index in [1.807, 2.05) is 11.8 Å². The van der Waals surface area contributed by atoms with E-state index in [-0.39, 0.29) is 10.6 Å². The highest BCUT2D eigenvalue weighted by Gasteiger charge is 2.17. The van der Waals surface area contributed by atoms with Crippen molar-refractivity contribution < 1.29 is 27.6 Å². The molecule has 10 nitrogen and oxygen atoms in total. The highest BCUT2D eigenvalue weighted by molar-refractivity contribution is 7.89. The Hall–Kier alpha value is -3.34. The zero-order valence-electron chi connectivity index (χ0n) is 15.4. The summed E-state index contributed by atoms with van der Waals surface area (Å²) in [4.78, 5) is 11.9. The van der Waals surface area contributed by atoms with Crippen molar-refractivity contribution in [3.63, 3.8) is 0 Å². The normalized spacial score (nSPS) is 11.2. The first kappa shape index (κ1) is 21.0. The quantitative estimate of drug-likeness (QED) is 0.382. The molecule has 0 saturated heterocycles. The Morgan fingerprint density at radius 2 is 1.82 bits per heavy atom. The van der Waals surface area contributed by atoms with Crippen LogP contribution in [0.25, 0.3) is 0 Å². The number of nitrogens with one attached hydrogen (secondary N) is 1. The number of nitro groups is 1. The van der Waals surface area contributed by atoms with Crippen LogP contribution in [0.3, 0.4) is 0 Å². The second-order valence-corrected chi connectivity index (χ2v) is 6.96. The average molecular weight is 409 g/mol. The minimum Gasteiger partial charge on any atom is -0.493 e. The summed E-state index contributed by atoms with van der Waals surface area (Å²) in [6.45, 7) is 2.22. The monoisotopic (exact) mass is 409 g/mol. The topological polar surface area (TPSA) is 129 Å². The predicted octanol–water partition coefficient (Wildman–Crippen LogP) is 2.32. The van der Waals surface area contributed by atoms with E-state index in [0.717, 1.165) is 6.07 Å². The van der Waals surface area contributed by atoms with Crippen molar-refractivity contribution in [1.29, 1.82) is 0 Å². The van der Waals surface area contributed by atoms with Crippen molar-refractivity contribution in [3.05, 3.63) is 52.1 Å². The van der Waals surface area contributed by atoms with Gasteiger partial charge in [-0.15, -0.1) is 0 Å². The molecule has 0 heterocycles. The van der Waals surface area contributed by atoms with Gasteiger partial charge in [0.05, 0.1) is 36.9 Å². The molecule has 0 amide bonds. The van der Waals surface area contributed by atoms with Crippen molar-refractivity contribution in [2.45, 2.75) is 11.8 Å². The summed E-state index contributed by atoms with van der Waals surface area (Å²) in [6, 6.07) is 7.84. The van der Waals surface area contributed by atoms with Crippen LogP contribution < -0.4 is 19.0 Å². The number of nitrogens with zero attached hydrogens (tertiary/aromatic N) is 2. The van der Waals surface area contributed by atoms with E-state index in [4.69, 9.17) is 14.2 Å². The van der Waals surface area contributed by atoms with Crippen LogP contribution in [0, 0.1) is 10.1 Å². The SMILES string of the molecule is CCOc1c(OC)cc(/C=N/NS(=O)(=O)c2cccc([N+](=O)[O-])c2)cc1OC. The zero-order chi connectivity index (χ0) is 20.7. The van der Waals surface area contributed by atoms with Gasteiger partial charge in [0, 0.05) is 17.7 Å². The van der Waals surface area contributed by atoms with Crippen molar-refractivity contribution >= 4 is 21.9 Å². The molecule has 0 fully saturated rings. The third-order valence-electron chi connectivity index (χ3n) is 3.50. The van der Waals surface area contributed by atoms with Crippen molar-refractivity contribution in [1.82, 2.24) is 4.83 Å². The highest BCUT2D eigenvalue weighted by Crippen LogP contribution is 2.38. The summed E-state index contributed by atoms with van der Waals surface area (Å²) in [7, 11) is -1.15. The fraction of sp³-hybridized carbons (Fsp3) is 0.235. The maximum atomic E-state index is 12.3. The van der Waals surface area contributed by atoms with E-state index in [9.17, 15) is 18.5 Å². The Bertz CT molecular complexity index is 965. The van der Waals surface area contributed by atoms with Crippen molar-refractivity contribution in [2.24, 2.45) is 5.10 Å².